The molecule has 1 N–H and O–H groups in total. The van der Waals surface area contributed by atoms with E-state index in [1.807, 2.05) is 0 Å². The normalized spacial score (nSPS) is 13.1. The first kappa shape index (κ1) is 15.8. The standard InChI is InChI=1S/C14H15FN2O3/c1-9(8-20-2)17-14(19)12(7-16)13(18)10-4-3-5-11(15)6-10/h3-6,9,12H,8H2,1-2H3,(H,17,19)/t9-,12+/m1/s1. The average molecular weight is 278 g/mol. The van der Waals surface area contributed by atoms with Gasteiger partial charge in [0.1, 0.15) is 5.82 Å². The van der Waals surface area contributed by atoms with Gasteiger partial charge in [0.15, 0.2) is 11.7 Å². The molecule has 0 radical (unpaired) electrons. The van der Waals surface area contributed by atoms with Crippen LogP contribution < -0.4 is 5.32 Å². The minimum atomic E-state index is -1.50. The van der Waals surface area contributed by atoms with Crippen LogP contribution in [0, 0.1) is 23.1 Å². The number of carbonyl (C=O) groups excluding carboxylic acids is 2. The number of Topliss-reactive ketones (excluding diaryl/α,β-unsaturated/α-hetero) is 1. The Kier molecular flexibility index (Phi) is 5.81. The summed E-state index contributed by atoms with van der Waals surface area (Å²) in [6.45, 7) is 1.94. The number of benzene rings is 1. The van der Waals surface area contributed by atoms with Crippen LogP contribution in [0.2, 0.25) is 0 Å². The largest absolute Gasteiger partial charge is 0.383 e. The first-order chi connectivity index (χ1) is 9.49. The molecule has 0 saturated heterocycles. The molecule has 6 heteroatoms. The van der Waals surface area contributed by atoms with E-state index in [2.05, 4.69) is 5.32 Å². The number of rotatable bonds is 6. The Labute approximate surface area is 116 Å². The Morgan fingerprint density at radius 1 is 1.50 bits per heavy atom. The van der Waals surface area contributed by atoms with Crippen molar-refractivity contribution in [2.24, 2.45) is 5.92 Å². The molecule has 1 aromatic carbocycles. The van der Waals surface area contributed by atoms with Crippen molar-refractivity contribution in [3.63, 3.8) is 0 Å². The molecule has 0 spiro atoms. The molecular formula is C14H15FN2O3. The van der Waals surface area contributed by atoms with Crippen molar-refractivity contribution in [1.82, 2.24) is 5.32 Å². The van der Waals surface area contributed by atoms with Gasteiger partial charge in [0, 0.05) is 18.7 Å². The van der Waals surface area contributed by atoms with Gasteiger partial charge in [0.25, 0.3) is 0 Å². The maximum atomic E-state index is 13.1. The van der Waals surface area contributed by atoms with Crippen molar-refractivity contribution >= 4 is 11.7 Å². The topological polar surface area (TPSA) is 79.2 Å². The van der Waals surface area contributed by atoms with Crippen LogP contribution in [0.15, 0.2) is 24.3 Å². The summed E-state index contributed by atoms with van der Waals surface area (Å²) in [5.41, 5.74) is -0.00825. The lowest BCUT2D eigenvalue weighted by atomic mass is 9.97. The number of ether oxygens (including phenoxy) is 1. The molecule has 106 valence electrons. The van der Waals surface area contributed by atoms with E-state index in [-0.39, 0.29) is 18.2 Å². The number of amides is 1. The summed E-state index contributed by atoms with van der Waals surface area (Å²) in [6.07, 6.45) is 0. The zero-order chi connectivity index (χ0) is 15.1. The van der Waals surface area contributed by atoms with Gasteiger partial charge in [-0.05, 0) is 19.1 Å². The molecule has 5 nitrogen and oxygen atoms in total. The third-order valence-corrected chi connectivity index (χ3v) is 2.57. The van der Waals surface area contributed by atoms with E-state index in [0.717, 1.165) is 6.07 Å². The van der Waals surface area contributed by atoms with Gasteiger partial charge in [-0.25, -0.2) is 4.39 Å². The second-order valence-corrected chi connectivity index (χ2v) is 4.30. The minimum Gasteiger partial charge on any atom is -0.383 e. The van der Waals surface area contributed by atoms with Crippen LogP contribution >= 0.6 is 0 Å². The molecule has 0 aliphatic rings. The van der Waals surface area contributed by atoms with Gasteiger partial charge in [0.2, 0.25) is 5.91 Å². The number of ketones is 1. The Morgan fingerprint density at radius 2 is 2.20 bits per heavy atom. The van der Waals surface area contributed by atoms with E-state index in [1.165, 1.54) is 25.3 Å². The summed E-state index contributed by atoms with van der Waals surface area (Å²) in [5.74, 6) is -3.54. The molecule has 0 bridgehead atoms. The number of nitrogens with one attached hydrogen (secondary N) is 1. The SMILES string of the molecule is COC[C@@H](C)NC(=O)[C@@H](C#N)C(=O)c1cccc(F)c1. The lowest BCUT2D eigenvalue weighted by molar-refractivity contribution is -0.123. The van der Waals surface area contributed by atoms with Gasteiger partial charge in [-0.1, -0.05) is 12.1 Å². The molecule has 0 heterocycles. The number of methoxy groups -OCH3 is 1. The lowest BCUT2D eigenvalue weighted by Gasteiger charge is -2.15. The second-order valence-electron chi connectivity index (χ2n) is 4.30. The summed E-state index contributed by atoms with van der Waals surface area (Å²) in [5, 5.41) is 11.5. The van der Waals surface area contributed by atoms with Gasteiger partial charge in [-0.3, -0.25) is 9.59 Å². The molecule has 0 fully saturated rings. The zero-order valence-corrected chi connectivity index (χ0v) is 11.2. The number of carbonyl (C=O) groups is 2. The van der Waals surface area contributed by atoms with Gasteiger partial charge in [-0.15, -0.1) is 0 Å². The Balaban J connectivity index is 2.83. The van der Waals surface area contributed by atoms with E-state index in [4.69, 9.17) is 10.00 Å². The van der Waals surface area contributed by atoms with E-state index >= 15 is 0 Å². The van der Waals surface area contributed by atoms with Gasteiger partial charge in [-0.2, -0.15) is 5.26 Å². The van der Waals surface area contributed by atoms with Crippen LogP contribution in [0.4, 0.5) is 4.39 Å². The summed E-state index contributed by atoms with van der Waals surface area (Å²) < 4.78 is 17.9. The lowest BCUT2D eigenvalue weighted by Crippen LogP contribution is -2.41. The van der Waals surface area contributed by atoms with Crippen molar-refractivity contribution in [3.05, 3.63) is 35.6 Å². The van der Waals surface area contributed by atoms with Crippen LogP contribution in [-0.4, -0.2) is 31.4 Å². The van der Waals surface area contributed by atoms with Gasteiger partial charge >= 0.3 is 0 Å². The molecule has 1 amide bonds. The third-order valence-electron chi connectivity index (χ3n) is 2.57. The molecule has 1 aromatic rings. The summed E-state index contributed by atoms with van der Waals surface area (Å²) >= 11 is 0. The highest BCUT2D eigenvalue weighted by Crippen LogP contribution is 2.11. The molecule has 0 aliphatic carbocycles. The first-order valence-corrected chi connectivity index (χ1v) is 5.98. The van der Waals surface area contributed by atoms with Gasteiger partial charge in [0.05, 0.1) is 12.7 Å². The molecule has 1 rings (SSSR count). The summed E-state index contributed by atoms with van der Waals surface area (Å²) in [6, 6.07) is 6.20. The molecule has 0 saturated carbocycles. The van der Waals surface area contributed by atoms with Crippen molar-refractivity contribution in [1.29, 1.82) is 5.26 Å². The molecule has 0 aromatic heterocycles. The average Bonchev–Trinajstić information content (AvgIpc) is 2.39. The predicted molar refractivity (Wildman–Crippen MR) is 69.3 cm³/mol. The molecule has 0 aliphatic heterocycles. The van der Waals surface area contributed by atoms with E-state index in [0.29, 0.717) is 0 Å². The fourth-order valence-corrected chi connectivity index (χ4v) is 1.66. The monoisotopic (exact) mass is 278 g/mol. The van der Waals surface area contributed by atoms with Crippen LogP contribution in [-0.2, 0) is 9.53 Å². The van der Waals surface area contributed by atoms with Crippen LogP contribution in [0.1, 0.15) is 17.3 Å². The van der Waals surface area contributed by atoms with Crippen molar-refractivity contribution in [2.75, 3.05) is 13.7 Å². The molecule has 2 atom stereocenters. The first-order valence-electron chi connectivity index (χ1n) is 5.98. The highest BCUT2D eigenvalue weighted by atomic mass is 19.1. The highest BCUT2D eigenvalue weighted by Gasteiger charge is 2.28. The fourth-order valence-electron chi connectivity index (χ4n) is 1.66. The summed E-state index contributed by atoms with van der Waals surface area (Å²) in [4.78, 5) is 23.9. The van der Waals surface area contributed by atoms with Crippen LogP contribution in [0.5, 0.6) is 0 Å². The molecule has 0 unspecified atom stereocenters. The maximum absolute atomic E-state index is 13.1. The Bertz CT molecular complexity index is 539. The minimum absolute atomic E-state index is 0.00825. The van der Waals surface area contributed by atoms with E-state index < -0.39 is 23.4 Å². The van der Waals surface area contributed by atoms with Crippen molar-refractivity contribution < 1.29 is 18.7 Å². The van der Waals surface area contributed by atoms with Crippen LogP contribution in [0.3, 0.4) is 0 Å². The number of nitrogens with zero attached hydrogens (tertiary/aromatic N) is 1. The summed E-state index contributed by atoms with van der Waals surface area (Å²) in [7, 11) is 1.47. The Morgan fingerprint density at radius 3 is 2.75 bits per heavy atom. The van der Waals surface area contributed by atoms with Crippen LogP contribution in [0.25, 0.3) is 0 Å². The Hall–Kier alpha value is -2.26. The third kappa shape index (κ3) is 4.14. The molecular weight excluding hydrogens is 263 g/mol. The zero-order valence-electron chi connectivity index (χ0n) is 11.2. The molecule has 20 heavy (non-hydrogen) atoms. The van der Waals surface area contributed by atoms with Gasteiger partial charge < -0.3 is 10.1 Å². The number of hydrogen-bond donors (Lipinski definition) is 1. The highest BCUT2D eigenvalue weighted by molar-refractivity contribution is 6.12. The maximum Gasteiger partial charge on any atom is 0.245 e. The predicted octanol–water partition coefficient (Wildman–Crippen LogP) is 1.30. The fraction of sp³-hybridized carbons (Fsp3) is 0.357. The van der Waals surface area contributed by atoms with Crippen molar-refractivity contribution in [2.45, 2.75) is 13.0 Å². The van der Waals surface area contributed by atoms with E-state index in [9.17, 15) is 14.0 Å². The number of nitriles is 1. The number of halogens is 1. The van der Waals surface area contributed by atoms with Crippen molar-refractivity contribution in [3.8, 4) is 6.07 Å². The number of hydrogen-bond acceptors (Lipinski definition) is 4. The quantitative estimate of drug-likeness (QED) is 0.628. The second kappa shape index (κ2) is 7.36. The smallest absolute Gasteiger partial charge is 0.245 e. The van der Waals surface area contributed by atoms with E-state index in [1.54, 1.807) is 13.0 Å².